The molecule has 2 aromatic rings. The largest absolute Gasteiger partial charge is 0.358 e. The maximum Gasteiger partial charge on any atom is 0.269 e. The third-order valence-electron chi connectivity index (χ3n) is 5.23. The number of nitro benzene ring substituents is 1. The predicted molar refractivity (Wildman–Crippen MR) is 103 cm³/mol. The van der Waals surface area contributed by atoms with E-state index in [1.165, 1.54) is 16.8 Å². The number of nitrogens with zero attached hydrogens (tertiary/aromatic N) is 2. The van der Waals surface area contributed by atoms with Gasteiger partial charge in [-0.25, -0.2) is 0 Å². The van der Waals surface area contributed by atoms with Crippen LogP contribution < -0.4 is 4.90 Å². The van der Waals surface area contributed by atoms with Gasteiger partial charge in [-0.15, -0.1) is 0 Å². The molecule has 0 amide bonds. The van der Waals surface area contributed by atoms with Crippen molar-refractivity contribution >= 4 is 16.9 Å². The van der Waals surface area contributed by atoms with Crippen molar-refractivity contribution in [3.05, 3.63) is 75.8 Å². The second-order valence-electron chi connectivity index (χ2n) is 6.76. The number of benzene rings is 2. The van der Waals surface area contributed by atoms with Gasteiger partial charge in [-0.1, -0.05) is 50.3 Å². The molecule has 4 nitrogen and oxygen atoms in total. The van der Waals surface area contributed by atoms with Gasteiger partial charge in [-0.2, -0.15) is 0 Å². The summed E-state index contributed by atoms with van der Waals surface area (Å²) in [7, 11) is 0. The molecule has 1 aliphatic rings. The molecule has 25 heavy (non-hydrogen) atoms. The third kappa shape index (κ3) is 3.16. The van der Waals surface area contributed by atoms with Gasteiger partial charge in [0, 0.05) is 29.9 Å². The summed E-state index contributed by atoms with van der Waals surface area (Å²) in [5.41, 5.74) is 5.06. The molecule has 3 rings (SSSR count). The first-order valence-electron chi connectivity index (χ1n) is 8.80. The Morgan fingerprint density at radius 2 is 1.76 bits per heavy atom. The Morgan fingerprint density at radius 1 is 1.08 bits per heavy atom. The van der Waals surface area contributed by atoms with Crippen LogP contribution in [0.1, 0.15) is 44.7 Å². The first kappa shape index (κ1) is 17.2. The number of nitro groups is 1. The van der Waals surface area contributed by atoms with Crippen molar-refractivity contribution in [2.45, 2.75) is 45.7 Å². The number of allylic oxidation sites excluding steroid dienone is 1. The van der Waals surface area contributed by atoms with Crippen molar-refractivity contribution < 1.29 is 4.92 Å². The van der Waals surface area contributed by atoms with Gasteiger partial charge in [-0.3, -0.25) is 10.1 Å². The van der Waals surface area contributed by atoms with Crippen LogP contribution >= 0.6 is 0 Å². The molecule has 1 unspecified atom stereocenters. The lowest BCUT2D eigenvalue weighted by Gasteiger charge is -2.45. The number of rotatable bonds is 5. The first-order valence-corrected chi connectivity index (χ1v) is 8.80. The van der Waals surface area contributed by atoms with Crippen molar-refractivity contribution in [3.8, 4) is 0 Å². The van der Waals surface area contributed by atoms with Gasteiger partial charge in [0.25, 0.3) is 5.69 Å². The molecule has 1 atom stereocenters. The highest BCUT2D eigenvalue weighted by Gasteiger charge is 2.34. The molecule has 0 spiro atoms. The maximum atomic E-state index is 10.9. The molecule has 0 saturated carbocycles. The van der Waals surface area contributed by atoms with E-state index in [9.17, 15) is 10.1 Å². The van der Waals surface area contributed by atoms with E-state index in [0.717, 1.165) is 24.9 Å². The normalized spacial score (nSPS) is 19.3. The summed E-state index contributed by atoms with van der Waals surface area (Å²) in [6, 6.07) is 15.4. The van der Waals surface area contributed by atoms with Gasteiger partial charge in [0.1, 0.15) is 0 Å². The molecule has 0 radical (unpaired) electrons. The Balaban J connectivity index is 2.01. The minimum Gasteiger partial charge on any atom is -0.358 e. The van der Waals surface area contributed by atoms with Crippen LogP contribution in [0, 0.1) is 10.1 Å². The molecule has 4 heteroatoms. The second kappa shape index (κ2) is 6.71. The number of hydrogen-bond acceptors (Lipinski definition) is 3. The highest BCUT2D eigenvalue weighted by atomic mass is 16.6. The van der Waals surface area contributed by atoms with Gasteiger partial charge in [0.05, 0.1) is 10.5 Å². The molecule has 1 aliphatic heterocycles. The Labute approximate surface area is 148 Å². The van der Waals surface area contributed by atoms with Gasteiger partial charge in [0.15, 0.2) is 0 Å². The average Bonchev–Trinajstić information content (AvgIpc) is 2.64. The standard InChI is InChI=1S/C21H24N2O2/c1-4-17-14-21(3,5-2)22(20-9-7-6-8-19(17)20)15-16-10-12-18(13-11-16)23(24)25/h6-14H,4-5,15H2,1-3H3. The molecule has 0 N–H and O–H groups in total. The molecule has 0 aromatic heterocycles. The lowest BCUT2D eigenvalue weighted by molar-refractivity contribution is -0.384. The fraction of sp³-hybridized carbons (Fsp3) is 0.333. The van der Waals surface area contributed by atoms with Crippen LogP contribution in [0.3, 0.4) is 0 Å². The number of fused-ring (bicyclic) bond motifs is 1. The van der Waals surface area contributed by atoms with Crippen LogP contribution in [0.25, 0.3) is 5.57 Å². The highest BCUT2D eigenvalue weighted by Crippen LogP contribution is 2.42. The fourth-order valence-corrected chi connectivity index (χ4v) is 3.54. The van der Waals surface area contributed by atoms with E-state index in [4.69, 9.17) is 0 Å². The average molecular weight is 336 g/mol. The SMILES string of the molecule is CCC1=CC(C)(CC)N(Cc2ccc([N+](=O)[O-])cc2)c2ccccc21. The van der Waals surface area contributed by atoms with Crippen LogP contribution in [-0.2, 0) is 6.54 Å². The van der Waals surface area contributed by atoms with E-state index >= 15 is 0 Å². The summed E-state index contributed by atoms with van der Waals surface area (Å²) in [4.78, 5) is 12.9. The van der Waals surface area contributed by atoms with E-state index in [1.807, 2.05) is 12.1 Å². The molecule has 0 saturated heterocycles. The van der Waals surface area contributed by atoms with Crippen LogP contribution in [0.15, 0.2) is 54.6 Å². The fourth-order valence-electron chi connectivity index (χ4n) is 3.54. The van der Waals surface area contributed by atoms with Crippen LogP contribution in [0.2, 0.25) is 0 Å². The third-order valence-corrected chi connectivity index (χ3v) is 5.23. The highest BCUT2D eigenvalue weighted by molar-refractivity contribution is 5.82. The lowest BCUT2D eigenvalue weighted by atomic mass is 9.84. The Hall–Kier alpha value is -2.62. The number of para-hydroxylation sites is 1. The van der Waals surface area contributed by atoms with Gasteiger partial charge < -0.3 is 4.90 Å². The topological polar surface area (TPSA) is 46.4 Å². The number of non-ortho nitro benzene ring substituents is 1. The van der Waals surface area contributed by atoms with Crippen molar-refractivity contribution in [3.63, 3.8) is 0 Å². The molecule has 0 bridgehead atoms. The lowest BCUT2D eigenvalue weighted by Crippen LogP contribution is -2.46. The predicted octanol–water partition coefficient (Wildman–Crippen LogP) is 5.58. The monoisotopic (exact) mass is 336 g/mol. The molecular formula is C21H24N2O2. The smallest absolute Gasteiger partial charge is 0.269 e. The van der Waals surface area contributed by atoms with Gasteiger partial charge in [-0.05, 0) is 37.0 Å². The molecule has 0 aliphatic carbocycles. The minimum absolute atomic E-state index is 0.0680. The van der Waals surface area contributed by atoms with E-state index < -0.39 is 0 Å². The number of anilines is 1. The van der Waals surface area contributed by atoms with Crippen molar-refractivity contribution in [1.29, 1.82) is 0 Å². The first-order chi connectivity index (χ1) is 12.0. The van der Waals surface area contributed by atoms with Crippen molar-refractivity contribution in [1.82, 2.24) is 0 Å². The summed E-state index contributed by atoms with van der Waals surface area (Å²) in [6.45, 7) is 7.40. The zero-order chi connectivity index (χ0) is 18.0. The summed E-state index contributed by atoms with van der Waals surface area (Å²) >= 11 is 0. The Kier molecular flexibility index (Phi) is 4.62. The number of hydrogen-bond donors (Lipinski definition) is 0. The molecular weight excluding hydrogens is 312 g/mol. The summed E-state index contributed by atoms with van der Waals surface area (Å²) in [6.07, 6.45) is 4.40. The quantitative estimate of drug-likeness (QED) is 0.529. The van der Waals surface area contributed by atoms with E-state index in [0.29, 0.717) is 0 Å². The Morgan fingerprint density at radius 3 is 2.36 bits per heavy atom. The van der Waals surface area contributed by atoms with Gasteiger partial charge >= 0.3 is 0 Å². The Bertz CT molecular complexity index is 811. The van der Waals surface area contributed by atoms with Crippen molar-refractivity contribution in [2.24, 2.45) is 0 Å². The summed E-state index contributed by atoms with van der Waals surface area (Å²) in [5, 5.41) is 10.9. The molecule has 130 valence electrons. The van der Waals surface area contributed by atoms with E-state index in [-0.39, 0.29) is 16.1 Å². The molecule has 2 aromatic carbocycles. The maximum absolute atomic E-state index is 10.9. The minimum atomic E-state index is -0.355. The van der Waals surface area contributed by atoms with Crippen LogP contribution in [0.5, 0.6) is 0 Å². The van der Waals surface area contributed by atoms with Crippen LogP contribution in [0.4, 0.5) is 11.4 Å². The van der Waals surface area contributed by atoms with Gasteiger partial charge in [0.2, 0.25) is 0 Å². The second-order valence-corrected chi connectivity index (χ2v) is 6.76. The zero-order valence-corrected chi connectivity index (χ0v) is 15.0. The van der Waals surface area contributed by atoms with E-state index in [2.05, 4.69) is 56.0 Å². The molecule has 1 heterocycles. The van der Waals surface area contributed by atoms with Crippen molar-refractivity contribution in [2.75, 3.05) is 4.90 Å². The summed E-state index contributed by atoms with van der Waals surface area (Å²) < 4.78 is 0. The molecule has 0 fully saturated rings. The summed E-state index contributed by atoms with van der Waals surface area (Å²) in [5.74, 6) is 0. The van der Waals surface area contributed by atoms with Crippen LogP contribution in [-0.4, -0.2) is 10.5 Å². The van der Waals surface area contributed by atoms with E-state index in [1.54, 1.807) is 12.1 Å². The zero-order valence-electron chi connectivity index (χ0n) is 15.0.